The third kappa shape index (κ3) is 4.06. The summed E-state index contributed by atoms with van der Waals surface area (Å²) in [6, 6.07) is 18.5. The van der Waals surface area contributed by atoms with Gasteiger partial charge >= 0.3 is 0 Å². The maximum atomic E-state index is 11.7. The van der Waals surface area contributed by atoms with Gasteiger partial charge in [-0.1, -0.05) is 60.2 Å². The molecule has 3 rings (SSSR count). The lowest BCUT2D eigenvalue weighted by Crippen LogP contribution is -2.52. The number of morpholine rings is 1. The van der Waals surface area contributed by atoms with E-state index in [9.17, 15) is 4.79 Å². The zero-order chi connectivity index (χ0) is 16.1. The molecule has 1 heterocycles. The van der Waals surface area contributed by atoms with Crippen LogP contribution in [0.1, 0.15) is 16.7 Å². The van der Waals surface area contributed by atoms with Crippen molar-refractivity contribution in [1.29, 1.82) is 0 Å². The van der Waals surface area contributed by atoms with E-state index >= 15 is 0 Å². The van der Waals surface area contributed by atoms with E-state index in [0.29, 0.717) is 6.61 Å². The van der Waals surface area contributed by atoms with E-state index in [1.807, 2.05) is 18.2 Å². The van der Waals surface area contributed by atoms with Crippen molar-refractivity contribution < 1.29 is 9.53 Å². The van der Waals surface area contributed by atoms with Gasteiger partial charge in [0, 0.05) is 19.5 Å². The Hall–Kier alpha value is -1.97. The molecule has 2 aromatic rings. The largest absolute Gasteiger partial charge is 0.374 e. The summed E-state index contributed by atoms with van der Waals surface area (Å²) in [6.07, 6.45) is 1.74. The minimum Gasteiger partial charge on any atom is -0.374 e. The summed E-state index contributed by atoms with van der Waals surface area (Å²) >= 11 is 0. The zero-order valence-corrected chi connectivity index (χ0v) is 13.5. The number of carbonyl (C=O) groups is 1. The molecule has 1 aliphatic rings. The average Bonchev–Trinajstić information content (AvgIpc) is 2.56. The van der Waals surface area contributed by atoms with Crippen molar-refractivity contribution >= 4 is 6.29 Å². The molecule has 1 fully saturated rings. The van der Waals surface area contributed by atoms with E-state index in [-0.39, 0.29) is 12.1 Å². The van der Waals surface area contributed by atoms with Crippen LogP contribution in [0.25, 0.3) is 0 Å². The number of aldehydes is 1. The molecule has 0 bridgehead atoms. The third-order valence-electron chi connectivity index (χ3n) is 4.40. The molecule has 1 saturated heterocycles. The molecule has 120 valence electrons. The summed E-state index contributed by atoms with van der Waals surface area (Å²) in [5.74, 6) is 0. The highest BCUT2D eigenvalue weighted by atomic mass is 16.5. The first-order valence-electron chi connectivity index (χ1n) is 8.16. The first kappa shape index (κ1) is 15.9. The predicted octanol–water partition coefficient (Wildman–Crippen LogP) is 3.01. The second kappa shape index (κ2) is 7.53. The molecular formula is C20H23NO2. The minimum absolute atomic E-state index is 0.0771. The Morgan fingerprint density at radius 3 is 2.65 bits per heavy atom. The van der Waals surface area contributed by atoms with E-state index in [0.717, 1.165) is 25.8 Å². The van der Waals surface area contributed by atoms with Gasteiger partial charge < -0.3 is 9.53 Å². The number of benzene rings is 2. The smallest absolute Gasteiger partial charge is 0.139 e. The van der Waals surface area contributed by atoms with E-state index in [2.05, 4.69) is 48.2 Å². The van der Waals surface area contributed by atoms with Gasteiger partial charge in [-0.3, -0.25) is 4.90 Å². The molecule has 1 aliphatic heterocycles. The number of carbonyl (C=O) groups excluding carboxylic acids is 1. The van der Waals surface area contributed by atoms with Gasteiger partial charge in [0.25, 0.3) is 0 Å². The van der Waals surface area contributed by atoms with Crippen LogP contribution in [0.5, 0.6) is 0 Å². The lowest BCUT2D eigenvalue weighted by molar-refractivity contribution is -0.126. The normalized spacial score (nSPS) is 22.0. The third-order valence-corrected chi connectivity index (χ3v) is 4.40. The number of aryl methyl sites for hydroxylation is 1. The van der Waals surface area contributed by atoms with Gasteiger partial charge in [0.1, 0.15) is 6.29 Å². The summed E-state index contributed by atoms with van der Waals surface area (Å²) < 4.78 is 5.92. The van der Waals surface area contributed by atoms with Gasteiger partial charge in [-0.05, 0) is 18.1 Å². The van der Waals surface area contributed by atoms with Crippen LogP contribution < -0.4 is 0 Å². The van der Waals surface area contributed by atoms with Crippen molar-refractivity contribution in [3.8, 4) is 0 Å². The van der Waals surface area contributed by atoms with Crippen LogP contribution in [-0.4, -0.2) is 36.5 Å². The number of ether oxygens (including phenoxy) is 1. The molecule has 3 nitrogen and oxygen atoms in total. The minimum atomic E-state index is -0.190. The number of rotatable bonds is 5. The zero-order valence-electron chi connectivity index (χ0n) is 13.5. The summed E-state index contributed by atoms with van der Waals surface area (Å²) in [6.45, 7) is 4.35. The molecule has 0 spiro atoms. The quantitative estimate of drug-likeness (QED) is 0.795. The number of nitrogens with zero attached hydrogens (tertiary/aromatic N) is 1. The Labute approximate surface area is 137 Å². The molecule has 0 aromatic heterocycles. The van der Waals surface area contributed by atoms with Crippen LogP contribution in [0.15, 0.2) is 54.6 Å². The Morgan fingerprint density at radius 1 is 1.13 bits per heavy atom. The average molecular weight is 309 g/mol. The Bertz CT molecular complexity index is 641. The summed E-state index contributed by atoms with van der Waals surface area (Å²) in [5.41, 5.74) is 3.70. The van der Waals surface area contributed by atoms with Crippen LogP contribution >= 0.6 is 0 Å². The number of hydrogen-bond donors (Lipinski definition) is 0. The molecule has 23 heavy (non-hydrogen) atoms. The first-order valence-corrected chi connectivity index (χ1v) is 8.16. The highest BCUT2D eigenvalue weighted by molar-refractivity contribution is 5.59. The van der Waals surface area contributed by atoms with Crippen molar-refractivity contribution in [2.45, 2.75) is 32.0 Å². The lowest BCUT2D eigenvalue weighted by atomic mass is 9.98. The van der Waals surface area contributed by atoms with E-state index in [1.54, 1.807) is 0 Å². The Kier molecular flexibility index (Phi) is 5.21. The van der Waals surface area contributed by atoms with Gasteiger partial charge in [-0.15, -0.1) is 0 Å². The molecule has 0 N–H and O–H groups in total. The van der Waals surface area contributed by atoms with Crippen LogP contribution in [-0.2, 0) is 22.5 Å². The van der Waals surface area contributed by atoms with Crippen LogP contribution in [0, 0.1) is 6.92 Å². The molecule has 2 aromatic carbocycles. The fourth-order valence-corrected chi connectivity index (χ4v) is 3.23. The van der Waals surface area contributed by atoms with Gasteiger partial charge in [-0.25, -0.2) is 0 Å². The maximum absolute atomic E-state index is 11.7. The SMILES string of the molecule is Cc1cccc(CC2OCCN(Cc3ccccc3)C2C=O)c1. The lowest BCUT2D eigenvalue weighted by Gasteiger charge is -2.38. The first-order chi connectivity index (χ1) is 11.3. The van der Waals surface area contributed by atoms with Crippen molar-refractivity contribution in [2.75, 3.05) is 13.2 Å². The molecule has 0 radical (unpaired) electrons. The molecule has 0 amide bonds. The van der Waals surface area contributed by atoms with Gasteiger partial charge in [0.15, 0.2) is 0 Å². The van der Waals surface area contributed by atoms with Crippen molar-refractivity contribution in [1.82, 2.24) is 4.90 Å². The topological polar surface area (TPSA) is 29.5 Å². The summed E-state index contributed by atoms with van der Waals surface area (Å²) in [4.78, 5) is 13.9. The second-order valence-electron chi connectivity index (χ2n) is 6.19. The van der Waals surface area contributed by atoms with Gasteiger partial charge in [0.2, 0.25) is 0 Å². The van der Waals surface area contributed by atoms with E-state index in [4.69, 9.17) is 4.74 Å². The molecule has 2 unspecified atom stereocenters. The summed E-state index contributed by atoms with van der Waals surface area (Å²) in [5, 5.41) is 0. The fourth-order valence-electron chi connectivity index (χ4n) is 3.23. The van der Waals surface area contributed by atoms with Crippen molar-refractivity contribution in [3.63, 3.8) is 0 Å². The van der Waals surface area contributed by atoms with E-state index in [1.165, 1.54) is 16.7 Å². The van der Waals surface area contributed by atoms with Crippen molar-refractivity contribution in [3.05, 3.63) is 71.3 Å². The van der Waals surface area contributed by atoms with Crippen LogP contribution in [0.4, 0.5) is 0 Å². The maximum Gasteiger partial charge on any atom is 0.139 e. The Balaban J connectivity index is 1.72. The fraction of sp³-hybridized carbons (Fsp3) is 0.350. The molecule has 3 heteroatoms. The van der Waals surface area contributed by atoms with Crippen LogP contribution in [0.2, 0.25) is 0 Å². The van der Waals surface area contributed by atoms with Gasteiger partial charge in [0.05, 0.1) is 18.8 Å². The van der Waals surface area contributed by atoms with Gasteiger partial charge in [-0.2, -0.15) is 0 Å². The van der Waals surface area contributed by atoms with Crippen LogP contribution in [0.3, 0.4) is 0 Å². The second-order valence-corrected chi connectivity index (χ2v) is 6.19. The predicted molar refractivity (Wildman–Crippen MR) is 91.3 cm³/mol. The highest BCUT2D eigenvalue weighted by Gasteiger charge is 2.32. The standard InChI is InChI=1S/C20H23NO2/c1-16-6-5-9-18(12-16)13-20-19(15-22)21(10-11-23-20)14-17-7-3-2-4-8-17/h2-9,12,15,19-20H,10-11,13-14H2,1H3. The molecule has 0 aliphatic carbocycles. The molecular weight excluding hydrogens is 286 g/mol. The van der Waals surface area contributed by atoms with E-state index < -0.39 is 0 Å². The summed E-state index contributed by atoms with van der Waals surface area (Å²) in [7, 11) is 0. The molecule has 2 atom stereocenters. The monoisotopic (exact) mass is 309 g/mol. The number of hydrogen-bond acceptors (Lipinski definition) is 3. The Morgan fingerprint density at radius 2 is 1.91 bits per heavy atom. The molecule has 0 saturated carbocycles. The van der Waals surface area contributed by atoms with Crippen molar-refractivity contribution in [2.24, 2.45) is 0 Å². The highest BCUT2D eigenvalue weighted by Crippen LogP contribution is 2.20.